The molecule has 2 aliphatic rings. The first-order chi connectivity index (χ1) is 16.5. The second-order valence-electron chi connectivity index (χ2n) is 8.99. The first kappa shape index (κ1) is 22.6. The minimum absolute atomic E-state index is 0.0377. The number of morpholine rings is 1. The summed E-state index contributed by atoms with van der Waals surface area (Å²) >= 11 is 0. The number of amides is 1. The van der Waals surface area contributed by atoms with Crippen LogP contribution in [-0.4, -0.2) is 48.2 Å². The quantitative estimate of drug-likeness (QED) is 0.537. The number of carbonyl (C=O) groups is 1. The first-order valence-corrected chi connectivity index (χ1v) is 11.9. The number of carbonyl (C=O) groups excluding carboxylic acids is 1. The number of nitrogens with zero attached hydrogens (tertiary/aromatic N) is 2. The molecule has 1 amide bonds. The molecule has 178 valence electrons. The van der Waals surface area contributed by atoms with Crippen molar-refractivity contribution in [1.29, 1.82) is 0 Å². The minimum atomic E-state index is -0.358. The highest BCUT2D eigenvalue weighted by Gasteiger charge is 2.26. The SMILES string of the molecule is Cc1oc(-c2cccc(F)c2)nc1CC(=O)N1CCOC(COc2ccc3c(c2)CCCC3)C1. The van der Waals surface area contributed by atoms with E-state index in [2.05, 4.69) is 17.1 Å². The van der Waals surface area contributed by atoms with E-state index in [1.807, 2.05) is 6.07 Å². The van der Waals surface area contributed by atoms with E-state index in [0.717, 1.165) is 18.6 Å². The Balaban J connectivity index is 1.18. The van der Waals surface area contributed by atoms with Crippen LogP contribution in [0.2, 0.25) is 0 Å². The molecule has 0 N–H and O–H groups in total. The zero-order valence-corrected chi connectivity index (χ0v) is 19.4. The Bertz CT molecular complexity index is 1180. The lowest BCUT2D eigenvalue weighted by Crippen LogP contribution is -2.48. The fourth-order valence-electron chi connectivity index (χ4n) is 4.63. The summed E-state index contributed by atoms with van der Waals surface area (Å²) in [5.74, 6) is 1.34. The summed E-state index contributed by atoms with van der Waals surface area (Å²) in [6.07, 6.45) is 4.68. The van der Waals surface area contributed by atoms with Crippen molar-refractivity contribution in [2.24, 2.45) is 0 Å². The Hall–Kier alpha value is -3.19. The smallest absolute Gasteiger partial charge is 0.228 e. The molecule has 0 bridgehead atoms. The highest BCUT2D eigenvalue weighted by Crippen LogP contribution is 2.26. The number of hydrogen-bond acceptors (Lipinski definition) is 5. The molecule has 1 unspecified atom stereocenters. The first-order valence-electron chi connectivity index (χ1n) is 11.9. The van der Waals surface area contributed by atoms with Gasteiger partial charge in [0.2, 0.25) is 11.8 Å². The minimum Gasteiger partial charge on any atom is -0.491 e. The summed E-state index contributed by atoms with van der Waals surface area (Å²) in [4.78, 5) is 19.2. The molecule has 0 radical (unpaired) electrons. The van der Waals surface area contributed by atoms with Gasteiger partial charge in [0.1, 0.15) is 30.0 Å². The van der Waals surface area contributed by atoms with Gasteiger partial charge in [-0.05, 0) is 74.1 Å². The number of aromatic nitrogens is 1. The maximum atomic E-state index is 13.5. The van der Waals surface area contributed by atoms with Crippen LogP contribution in [0.3, 0.4) is 0 Å². The van der Waals surface area contributed by atoms with Gasteiger partial charge in [0, 0.05) is 12.1 Å². The number of aryl methyl sites for hydroxylation is 3. The normalized spacial score (nSPS) is 17.9. The van der Waals surface area contributed by atoms with Crippen LogP contribution in [0.15, 0.2) is 46.9 Å². The summed E-state index contributed by atoms with van der Waals surface area (Å²) in [6, 6.07) is 12.4. The molecule has 1 saturated heterocycles. The fourth-order valence-corrected chi connectivity index (χ4v) is 4.63. The van der Waals surface area contributed by atoms with E-state index in [0.29, 0.717) is 49.2 Å². The number of oxazole rings is 1. The third kappa shape index (κ3) is 5.14. The maximum absolute atomic E-state index is 13.5. The van der Waals surface area contributed by atoms with Crippen molar-refractivity contribution in [1.82, 2.24) is 9.88 Å². The number of halogens is 1. The summed E-state index contributed by atoms with van der Waals surface area (Å²) < 4.78 is 31.1. The topological polar surface area (TPSA) is 64.8 Å². The van der Waals surface area contributed by atoms with Crippen molar-refractivity contribution in [3.63, 3.8) is 0 Å². The number of ether oxygens (including phenoxy) is 2. The number of rotatable bonds is 6. The molecule has 1 aliphatic heterocycles. The molecule has 0 spiro atoms. The summed E-state index contributed by atoms with van der Waals surface area (Å²) in [5.41, 5.74) is 3.92. The van der Waals surface area contributed by atoms with Crippen LogP contribution < -0.4 is 4.74 Å². The predicted octanol–water partition coefficient (Wildman–Crippen LogP) is 4.52. The Kier molecular flexibility index (Phi) is 6.63. The van der Waals surface area contributed by atoms with Gasteiger partial charge >= 0.3 is 0 Å². The van der Waals surface area contributed by atoms with Gasteiger partial charge in [0.05, 0.1) is 25.3 Å². The molecule has 2 aromatic carbocycles. The summed E-state index contributed by atoms with van der Waals surface area (Å²) in [5, 5.41) is 0. The molecule has 2 heterocycles. The lowest BCUT2D eigenvalue weighted by molar-refractivity contribution is -0.139. The Morgan fingerprint density at radius 1 is 1.18 bits per heavy atom. The largest absolute Gasteiger partial charge is 0.491 e. The number of benzene rings is 2. The van der Waals surface area contributed by atoms with Crippen LogP contribution in [-0.2, 0) is 28.8 Å². The molecule has 1 atom stereocenters. The third-order valence-electron chi connectivity index (χ3n) is 6.53. The Labute approximate surface area is 198 Å². The van der Waals surface area contributed by atoms with Crippen LogP contribution >= 0.6 is 0 Å². The Morgan fingerprint density at radius 3 is 2.88 bits per heavy atom. The van der Waals surface area contributed by atoms with Crippen LogP contribution in [0.1, 0.15) is 35.4 Å². The fraction of sp³-hybridized carbons (Fsp3) is 0.407. The van der Waals surface area contributed by atoms with Crippen LogP contribution in [0.25, 0.3) is 11.5 Å². The van der Waals surface area contributed by atoms with Gasteiger partial charge in [-0.3, -0.25) is 4.79 Å². The van der Waals surface area contributed by atoms with Gasteiger partial charge in [0.25, 0.3) is 0 Å². The Morgan fingerprint density at radius 2 is 2.03 bits per heavy atom. The van der Waals surface area contributed by atoms with E-state index < -0.39 is 0 Å². The lowest BCUT2D eigenvalue weighted by Gasteiger charge is -2.33. The molecular formula is C27H29FN2O4. The van der Waals surface area contributed by atoms with E-state index in [4.69, 9.17) is 13.9 Å². The molecule has 5 rings (SSSR count). The second kappa shape index (κ2) is 9.97. The van der Waals surface area contributed by atoms with Gasteiger partial charge in [-0.1, -0.05) is 12.1 Å². The van der Waals surface area contributed by atoms with Gasteiger partial charge in [-0.25, -0.2) is 9.37 Å². The average Bonchev–Trinajstić information content (AvgIpc) is 3.23. The van der Waals surface area contributed by atoms with Crippen LogP contribution in [0.5, 0.6) is 5.75 Å². The highest BCUT2D eigenvalue weighted by molar-refractivity contribution is 5.79. The van der Waals surface area contributed by atoms with Crippen molar-refractivity contribution in [3.8, 4) is 17.2 Å². The van der Waals surface area contributed by atoms with Crippen LogP contribution in [0.4, 0.5) is 4.39 Å². The van der Waals surface area contributed by atoms with E-state index >= 15 is 0 Å². The lowest BCUT2D eigenvalue weighted by atomic mass is 9.92. The molecule has 3 aromatic rings. The van der Waals surface area contributed by atoms with E-state index in [1.54, 1.807) is 24.0 Å². The molecule has 34 heavy (non-hydrogen) atoms. The molecule has 7 heteroatoms. The predicted molar refractivity (Wildman–Crippen MR) is 125 cm³/mol. The monoisotopic (exact) mass is 464 g/mol. The van der Waals surface area contributed by atoms with E-state index in [-0.39, 0.29) is 24.2 Å². The molecule has 6 nitrogen and oxygen atoms in total. The molecule has 1 aliphatic carbocycles. The van der Waals surface area contributed by atoms with Crippen molar-refractivity contribution in [2.45, 2.75) is 45.1 Å². The average molecular weight is 465 g/mol. The number of hydrogen-bond donors (Lipinski definition) is 0. The molecule has 1 fully saturated rings. The van der Waals surface area contributed by atoms with Gasteiger partial charge in [-0.15, -0.1) is 0 Å². The maximum Gasteiger partial charge on any atom is 0.228 e. The van der Waals surface area contributed by atoms with Gasteiger partial charge < -0.3 is 18.8 Å². The van der Waals surface area contributed by atoms with Crippen LogP contribution in [0, 0.1) is 12.7 Å². The molecular weight excluding hydrogens is 435 g/mol. The van der Waals surface area contributed by atoms with Crippen molar-refractivity contribution in [3.05, 3.63) is 70.9 Å². The second-order valence-corrected chi connectivity index (χ2v) is 8.99. The third-order valence-corrected chi connectivity index (χ3v) is 6.53. The van der Waals surface area contributed by atoms with Crippen molar-refractivity contribution in [2.75, 3.05) is 26.3 Å². The molecule has 0 saturated carbocycles. The summed E-state index contributed by atoms with van der Waals surface area (Å²) in [6.45, 7) is 3.64. The van der Waals surface area contributed by atoms with Gasteiger partial charge in [-0.2, -0.15) is 0 Å². The zero-order valence-electron chi connectivity index (χ0n) is 19.4. The summed E-state index contributed by atoms with van der Waals surface area (Å²) in [7, 11) is 0. The molecule has 1 aromatic heterocycles. The highest BCUT2D eigenvalue weighted by atomic mass is 19.1. The standard InChI is InChI=1S/C27H29FN2O4/c1-18-25(29-27(34-18)21-7-4-8-22(28)13-21)15-26(31)30-11-12-32-24(16-30)17-33-23-10-9-19-5-2-3-6-20(19)14-23/h4,7-10,13-14,24H,2-3,5-6,11-12,15-17H2,1H3. The number of fused-ring (bicyclic) bond motifs is 1. The van der Waals surface area contributed by atoms with Crippen molar-refractivity contribution < 1.29 is 23.1 Å². The van der Waals surface area contributed by atoms with E-state index in [9.17, 15) is 9.18 Å². The van der Waals surface area contributed by atoms with Gasteiger partial charge in [0.15, 0.2) is 0 Å². The zero-order chi connectivity index (χ0) is 23.5. The van der Waals surface area contributed by atoms with Crippen molar-refractivity contribution >= 4 is 5.91 Å². The van der Waals surface area contributed by atoms with E-state index in [1.165, 1.54) is 36.1 Å².